The van der Waals surface area contributed by atoms with Gasteiger partial charge in [0, 0.05) is 18.8 Å². The molecule has 1 N–H and O–H groups in total. The van der Waals surface area contributed by atoms with Crippen molar-refractivity contribution < 1.29 is 5.11 Å². The molecule has 80 valence electrons. The topological polar surface area (TPSA) is 38.0 Å². The molecule has 0 radical (unpaired) electrons. The van der Waals surface area contributed by atoms with E-state index in [9.17, 15) is 0 Å². The SMILES string of the molecule is Cc1cc(C(C)C)nn1CC(C)CO. The third-order valence-electron chi connectivity index (χ3n) is 2.39. The van der Waals surface area contributed by atoms with E-state index < -0.39 is 0 Å². The molecule has 0 aliphatic carbocycles. The average Bonchev–Trinajstić information content (AvgIpc) is 2.48. The van der Waals surface area contributed by atoms with Gasteiger partial charge >= 0.3 is 0 Å². The molecule has 1 heterocycles. The molecule has 0 spiro atoms. The molecule has 0 bridgehead atoms. The third kappa shape index (κ3) is 2.58. The lowest BCUT2D eigenvalue weighted by Gasteiger charge is -2.09. The molecular formula is C11H20N2O. The van der Waals surface area contributed by atoms with Crippen molar-refractivity contribution in [3.05, 3.63) is 17.5 Å². The number of hydrogen-bond acceptors (Lipinski definition) is 2. The fourth-order valence-electron chi connectivity index (χ4n) is 1.36. The van der Waals surface area contributed by atoms with E-state index in [2.05, 4.69) is 31.9 Å². The van der Waals surface area contributed by atoms with Gasteiger partial charge in [0.25, 0.3) is 0 Å². The maximum absolute atomic E-state index is 8.96. The Morgan fingerprint density at radius 2 is 2.07 bits per heavy atom. The van der Waals surface area contributed by atoms with Crippen LogP contribution in [-0.2, 0) is 6.54 Å². The van der Waals surface area contributed by atoms with E-state index in [1.807, 2.05) is 11.6 Å². The van der Waals surface area contributed by atoms with Gasteiger partial charge in [-0.05, 0) is 24.8 Å². The van der Waals surface area contributed by atoms with E-state index in [0.717, 1.165) is 12.2 Å². The first-order valence-corrected chi connectivity index (χ1v) is 5.19. The first-order chi connectivity index (χ1) is 6.54. The summed E-state index contributed by atoms with van der Waals surface area (Å²) in [5, 5.41) is 13.5. The summed E-state index contributed by atoms with van der Waals surface area (Å²) in [4.78, 5) is 0. The van der Waals surface area contributed by atoms with Crippen molar-refractivity contribution in [1.82, 2.24) is 9.78 Å². The van der Waals surface area contributed by atoms with Crippen molar-refractivity contribution in [2.45, 2.75) is 40.2 Å². The van der Waals surface area contributed by atoms with E-state index in [1.54, 1.807) is 0 Å². The lowest BCUT2D eigenvalue weighted by molar-refractivity contribution is 0.218. The Morgan fingerprint density at radius 1 is 1.43 bits per heavy atom. The zero-order valence-electron chi connectivity index (χ0n) is 9.49. The third-order valence-corrected chi connectivity index (χ3v) is 2.39. The van der Waals surface area contributed by atoms with Gasteiger partial charge in [0.05, 0.1) is 5.69 Å². The molecule has 0 aliphatic rings. The molecule has 1 unspecified atom stereocenters. The van der Waals surface area contributed by atoms with Gasteiger partial charge in [-0.2, -0.15) is 5.10 Å². The smallest absolute Gasteiger partial charge is 0.0652 e. The van der Waals surface area contributed by atoms with Crippen molar-refractivity contribution in [3.63, 3.8) is 0 Å². The standard InChI is InChI=1S/C11H20N2O/c1-8(2)11-5-10(4)13(12-11)6-9(3)7-14/h5,8-9,14H,6-7H2,1-4H3. The number of aryl methyl sites for hydroxylation is 1. The van der Waals surface area contributed by atoms with Gasteiger partial charge in [-0.3, -0.25) is 4.68 Å². The van der Waals surface area contributed by atoms with E-state index in [4.69, 9.17) is 5.11 Å². The highest BCUT2D eigenvalue weighted by Gasteiger charge is 2.09. The first-order valence-electron chi connectivity index (χ1n) is 5.19. The van der Waals surface area contributed by atoms with E-state index in [-0.39, 0.29) is 12.5 Å². The molecule has 14 heavy (non-hydrogen) atoms. The Kier molecular flexibility index (Phi) is 3.69. The number of nitrogens with zero attached hydrogens (tertiary/aromatic N) is 2. The van der Waals surface area contributed by atoms with Crippen LogP contribution in [0.25, 0.3) is 0 Å². The Bertz CT molecular complexity index is 291. The summed E-state index contributed by atoms with van der Waals surface area (Å²) in [6.45, 7) is 9.38. The molecule has 0 saturated carbocycles. The summed E-state index contributed by atoms with van der Waals surface area (Å²) >= 11 is 0. The van der Waals surface area contributed by atoms with Crippen molar-refractivity contribution >= 4 is 0 Å². The van der Waals surface area contributed by atoms with Crippen LogP contribution < -0.4 is 0 Å². The number of aliphatic hydroxyl groups is 1. The van der Waals surface area contributed by atoms with Crippen LogP contribution in [0.1, 0.15) is 38.1 Å². The summed E-state index contributed by atoms with van der Waals surface area (Å²) in [6.07, 6.45) is 0. The Labute approximate surface area is 85.8 Å². The predicted octanol–water partition coefficient (Wildman–Crippen LogP) is 1.94. The molecule has 0 aromatic carbocycles. The Hall–Kier alpha value is -0.830. The fourth-order valence-corrected chi connectivity index (χ4v) is 1.36. The van der Waals surface area contributed by atoms with E-state index in [0.29, 0.717) is 5.92 Å². The van der Waals surface area contributed by atoms with Gasteiger partial charge in [0.15, 0.2) is 0 Å². The summed E-state index contributed by atoms with van der Waals surface area (Å²) < 4.78 is 1.98. The average molecular weight is 196 g/mol. The molecule has 3 heteroatoms. The maximum atomic E-state index is 8.96. The largest absolute Gasteiger partial charge is 0.396 e. The Balaban J connectivity index is 2.77. The van der Waals surface area contributed by atoms with Gasteiger partial charge in [-0.25, -0.2) is 0 Å². The second kappa shape index (κ2) is 4.60. The summed E-state index contributed by atoms with van der Waals surface area (Å²) in [7, 11) is 0. The van der Waals surface area contributed by atoms with Crippen molar-refractivity contribution in [2.24, 2.45) is 5.92 Å². The number of aliphatic hydroxyl groups excluding tert-OH is 1. The molecule has 0 aliphatic heterocycles. The lowest BCUT2D eigenvalue weighted by atomic mass is 10.1. The maximum Gasteiger partial charge on any atom is 0.0652 e. The quantitative estimate of drug-likeness (QED) is 0.799. The summed E-state index contributed by atoms with van der Waals surface area (Å²) in [5.74, 6) is 0.744. The molecule has 0 saturated heterocycles. The predicted molar refractivity (Wildman–Crippen MR) is 57.3 cm³/mol. The van der Waals surface area contributed by atoms with Crippen LogP contribution in [-0.4, -0.2) is 21.5 Å². The molecule has 1 aromatic heterocycles. The van der Waals surface area contributed by atoms with Crippen molar-refractivity contribution in [1.29, 1.82) is 0 Å². The highest BCUT2D eigenvalue weighted by Crippen LogP contribution is 2.14. The fraction of sp³-hybridized carbons (Fsp3) is 0.727. The normalized spacial score (nSPS) is 13.6. The number of hydrogen-bond donors (Lipinski definition) is 1. The minimum Gasteiger partial charge on any atom is -0.396 e. The minimum absolute atomic E-state index is 0.219. The number of rotatable bonds is 4. The van der Waals surface area contributed by atoms with Crippen LogP contribution in [0.3, 0.4) is 0 Å². The second-order valence-corrected chi connectivity index (χ2v) is 4.34. The van der Waals surface area contributed by atoms with Gasteiger partial charge < -0.3 is 5.11 Å². The minimum atomic E-state index is 0.219. The zero-order chi connectivity index (χ0) is 10.7. The highest BCUT2D eigenvalue weighted by atomic mass is 16.3. The van der Waals surface area contributed by atoms with E-state index >= 15 is 0 Å². The van der Waals surface area contributed by atoms with Crippen molar-refractivity contribution in [2.75, 3.05) is 6.61 Å². The van der Waals surface area contributed by atoms with Crippen LogP contribution in [0.15, 0.2) is 6.07 Å². The van der Waals surface area contributed by atoms with Gasteiger partial charge in [-0.1, -0.05) is 20.8 Å². The van der Waals surface area contributed by atoms with Crippen molar-refractivity contribution in [3.8, 4) is 0 Å². The van der Waals surface area contributed by atoms with Crippen LogP contribution in [0.5, 0.6) is 0 Å². The molecular weight excluding hydrogens is 176 g/mol. The molecule has 1 atom stereocenters. The highest BCUT2D eigenvalue weighted by molar-refractivity contribution is 5.11. The van der Waals surface area contributed by atoms with Gasteiger partial charge in [0.2, 0.25) is 0 Å². The first kappa shape index (κ1) is 11.2. The van der Waals surface area contributed by atoms with E-state index in [1.165, 1.54) is 5.69 Å². The number of aromatic nitrogens is 2. The van der Waals surface area contributed by atoms with Crippen LogP contribution in [0.4, 0.5) is 0 Å². The monoisotopic (exact) mass is 196 g/mol. The summed E-state index contributed by atoms with van der Waals surface area (Å²) in [5.41, 5.74) is 2.31. The molecule has 3 nitrogen and oxygen atoms in total. The Morgan fingerprint density at radius 3 is 2.50 bits per heavy atom. The molecule has 0 amide bonds. The molecule has 1 aromatic rings. The zero-order valence-corrected chi connectivity index (χ0v) is 9.49. The van der Waals surface area contributed by atoms with Gasteiger partial charge in [0.1, 0.15) is 0 Å². The molecule has 0 fully saturated rings. The van der Waals surface area contributed by atoms with Crippen LogP contribution >= 0.6 is 0 Å². The van der Waals surface area contributed by atoms with Crippen LogP contribution in [0.2, 0.25) is 0 Å². The van der Waals surface area contributed by atoms with Gasteiger partial charge in [-0.15, -0.1) is 0 Å². The molecule has 1 rings (SSSR count). The second-order valence-electron chi connectivity index (χ2n) is 4.34. The lowest BCUT2D eigenvalue weighted by Crippen LogP contribution is -2.13. The van der Waals surface area contributed by atoms with Crippen LogP contribution in [0, 0.1) is 12.8 Å². The summed E-state index contributed by atoms with van der Waals surface area (Å²) in [6, 6.07) is 2.12.